The zero-order valence-corrected chi connectivity index (χ0v) is 11.6. The molecule has 1 atom stereocenters. The molecule has 0 spiro atoms. The van der Waals surface area contributed by atoms with Crippen molar-refractivity contribution in [3.8, 4) is 0 Å². The minimum atomic E-state index is -3.63. The second-order valence-corrected chi connectivity index (χ2v) is 6.57. The Balaban J connectivity index is 2.39. The summed E-state index contributed by atoms with van der Waals surface area (Å²) in [6, 6.07) is 5.67. The molecule has 19 heavy (non-hydrogen) atoms. The van der Waals surface area contributed by atoms with Gasteiger partial charge in [0.2, 0.25) is 10.0 Å². The molecule has 0 aromatic heterocycles. The first kappa shape index (κ1) is 14.2. The van der Waals surface area contributed by atoms with Gasteiger partial charge in [0.25, 0.3) is 0 Å². The Bertz CT molecular complexity index is 582. The number of aliphatic hydroxyl groups is 1. The molecule has 0 bridgehead atoms. The fraction of sp³-hybridized carbons (Fsp3) is 0.462. The molecule has 0 amide bonds. The van der Waals surface area contributed by atoms with E-state index in [0.717, 1.165) is 6.42 Å². The molecule has 0 aliphatic carbocycles. The molecule has 1 fully saturated rings. The first-order chi connectivity index (χ1) is 8.96. The van der Waals surface area contributed by atoms with Crippen LogP contribution in [0.5, 0.6) is 0 Å². The fourth-order valence-corrected chi connectivity index (χ4v) is 4.05. The maximum atomic E-state index is 12.5. The number of Topliss-reactive ketones (excluding diaryl/α,β-unsaturated/α-hetero) is 1. The highest BCUT2D eigenvalue weighted by Gasteiger charge is 2.34. The number of benzene rings is 1. The molecule has 2 rings (SSSR count). The lowest BCUT2D eigenvalue weighted by molar-refractivity contribution is 0.101. The minimum absolute atomic E-state index is 0.112. The van der Waals surface area contributed by atoms with E-state index in [1.165, 1.54) is 23.4 Å². The van der Waals surface area contributed by atoms with Gasteiger partial charge >= 0.3 is 0 Å². The van der Waals surface area contributed by atoms with E-state index in [1.54, 1.807) is 12.1 Å². The van der Waals surface area contributed by atoms with E-state index in [9.17, 15) is 18.3 Å². The standard InChI is InChI=1S/C13H17NO4S/c1-10(16)11-4-2-6-13(8-11)19(17,18)14-7-3-5-12(14)9-15/h2,4,6,8,12,15H,3,5,7,9H2,1H3. The molecule has 1 aliphatic heterocycles. The summed E-state index contributed by atoms with van der Waals surface area (Å²) >= 11 is 0. The number of ketones is 1. The van der Waals surface area contributed by atoms with Crippen LogP contribution < -0.4 is 0 Å². The van der Waals surface area contributed by atoms with Crippen LogP contribution in [0.4, 0.5) is 0 Å². The van der Waals surface area contributed by atoms with Gasteiger partial charge in [-0.2, -0.15) is 4.31 Å². The van der Waals surface area contributed by atoms with Crippen LogP contribution in [0, 0.1) is 0 Å². The average molecular weight is 283 g/mol. The summed E-state index contributed by atoms with van der Waals surface area (Å²) in [5.41, 5.74) is 0.376. The summed E-state index contributed by atoms with van der Waals surface area (Å²) in [6.45, 7) is 1.64. The molecule has 6 heteroatoms. The minimum Gasteiger partial charge on any atom is -0.395 e. The lowest BCUT2D eigenvalue weighted by Crippen LogP contribution is -2.37. The largest absolute Gasteiger partial charge is 0.395 e. The van der Waals surface area contributed by atoms with Gasteiger partial charge in [-0.15, -0.1) is 0 Å². The van der Waals surface area contributed by atoms with Gasteiger partial charge in [0.15, 0.2) is 5.78 Å². The predicted molar refractivity (Wildman–Crippen MR) is 70.4 cm³/mol. The van der Waals surface area contributed by atoms with Gasteiger partial charge in [0, 0.05) is 18.2 Å². The van der Waals surface area contributed by atoms with Crippen LogP contribution in [0.25, 0.3) is 0 Å². The molecule has 1 aliphatic rings. The van der Waals surface area contributed by atoms with Crippen LogP contribution in [-0.2, 0) is 10.0 Å². The molecular weight excluding hydrogens is 266 g/mol. The number of hydrogen-bond acceptors (Lipinski definition) is 4. The number of nitrogens with zero attached hydrogens (tertiary/aromatic N) is 1. The monoisotopic (exact) mass is 283 g/mol. The van der Waals surface area contributed by atoms with Crippen LogP contribution in [0.2, 0.25) is 0 Å². The number of rotatable bonds is 4. The highest BCUT2D eigenvalue weighted by atomic mass is 32.2. The Morgan fingerprint density at radius 1 is 1.47 bits per heavy atom. The van der Waals surface area contributed by atoms with Crippen LogP contribution in [0.15, 0.2) is 29.2 Å². The number of hydrogen-bond donors (Lipinski definition) is 1. The highest BCUT2D eigenvalue weighted by molar-refractivity contribution is 7.89. The summed E-state index contributed by atoms with van der Waals surface area (Å²) in [5, 5.41) is 9.23. The second-order valence-electron chi connectivity index (χ2n) is 4.68. The molecule has 1 saturated heterocycles. The van der Waals surface area contributed by atoms with Crippen molar-refractivity contribution < 1.29 is 18.3 Å². The molecule has 1 N–H and O–H groups in total. The van der Waals surface area contributed by atoms with E-state index in [2.05, 4.69) is 0 Å². The second kappa shape index (κ2) is 5.40. The van der Waals surface area contributed by atoms with Crippen molar-refractivity contribution in [3.63, 3.8) is 0 Å². The molecular formula is C13H17NO4S. The normalized spacial score (nSPS) is 20.6. The molecule has 0 radical (unpaired) electrons. The lowest BCUT2D eigenvalue weighted by atomic mass is 10.2. The summed E-state index contributed by atoms with van der Waals surface area (Å²) in [4.78, 5) is 11.4. The third-order valence-corrected chi connectivity index (χ3v) is 5.33. The van der Waals surface area contributed by atoms with Crippen LogP contribution in [0.1, 0.15) is 30.1 Å². The summed E-state index contributed by atoms with van der Waals surface area (Å²) in [5.74, 6) is -0.169. The van der Waals surface area contributed by atoms with Gasteiger partial charge < -0.3 is 5.11 Å². The Labute approximate surface area is 112 Å². The fourth-order valence-electron chi connectivity index (χ4n) is 2.32. The van der Waals surface area contributed by atoms with E-state index in [-0.39, 0.29) is 23.3 Å². The number of carbonyl (C=O) groups is 1. The van der Waals surface area contributed by atoms with Crippen molar-refractivity contribution in [2.45, 2.75) is 30.7 Å². The van der Waals surface area contributed by atoms with E-state index in [1.807, 2.05) is 0 Å². The topological polar surface area (TPSA) is 74.7 Å². The van der Waals surface area contributed by atoms with E-state index in [0.29, 0.717) is 18.5 Å². The van der Waals surface area contributed by atoms with Gasteiger partial charge in [-0.3, -0.25) is 4.79 Å². The van der Waals surface area contributed by atoms with Gasteiger partial charge in [-0.25, -0.2) is 8.42 Å². The first-order valence-corrected chi connectivity index (χ1v) is 7.64. The lowest BCUT2D eigenvalue weighted by Gasteiger charge is -2.22. The molecule has 1 aromatic rings. The van der Waals surface area contributed by atoms with Crippen LogP contribution in [-0.4, -0.2) is 42.8 Å². The third-order valence-electron chi connectivity index (χ3n) is 3.38. The third kappa shape index (κ3) is 2.70. The van der Waals surface area contributed by atoms with Crippen molar-refractivity contribution in [2.75, 3.05) is 13.2 Å². The average Bonchev–Trinajstić information content (AvgIpc) is 2.88. The van der Waals surface area contributed by atoms with Crippen LogP contribution >= 0.6 is 0 Å². The zero-order chi connectivity index (χ0) is 14.0. The van der Waals surface area contributed by atoms with Crippen molar-refractivity contribution >= 4 is 15.8 Å². The number of sulfonamides is 1. The molecule has 1 unspecified atom stereocenters. The highest BCUT2D eigenvalue weighted by Crippen LogP contribution is 2.26. The molecule has 5 nitrogen and oxygen atoms in total. The zero-order valence-electron chi connectivity index (χ0n) is 10.7. The van der Waals surface area contributed by atoms with Gasteiger partial charge in [-0.1, -0.05) is 12.1 Å². The maximum Gasteiger partial charge on any atom is 0.243 e. The Hall–Kier alpha value is -1.24. The molecule has 104 valence electrons. The maximum absolute atomic E-state index is 12.5. The van der Waals surface area contributed by atoms with Gasteiger partial charge in [0.1, 0.15) is 0 Å². The first-order valence-electron chi connectivity index (χ1n) is 6.20. The molecule has 1 aromatic carbocycles. The molecule has 1 heterocycles. The van der Waals surface area contributed by atoms with Crippen molar-refractivity contribution in [1.82, 2.24) is 4.31 Å². The number of carbonyl (C=O) groups excluding carboxylic acids is 1. The van der Waals surface area contributed by atoms with E-state index >= 15 is 0 Å². The van der Waals surface area contributed by atoms with E-state index < -0.39 is 10.0 Å². The van der Waals surface area contributed by atoms with Gasteiger partial charge in [-0.05, 0) is 31.9 Å². The number of aliphatic hydroxyl groups excluding tert-OH is 1. The predicted octanol–water partition coefficient (Wildman–Crippen LogP) is 1.03. The Kier molecular flexibility index (Phi) is 4.03. The van der Waals surface area contributed by atoms with Crippen molar-refractivity contribution in [2.24, 2.45) is 0 Å². The smallest absolute Gasteiger partial charge is 0.243 e. The van der Waals surface area contributed by atoms with E-state index in [4.69, 9.17) is 0 Å². The summed E-state index contributed by atoms with van der Waals surface area (Å²) < 4.78 is 26.3. The Morgan fingerprint density at radius 3 is 2.84 bits per heavy atom. The van der Waals surface area contributed by atoms with Crippen LogP contribution in [0.3, 0.4) is 0 Å². The summed E-state index contributed by atoms with van der Waals surface area (Å²) in [7, 11) is -3.63. The summed E-state index contributed by atoms with van der Waals surface area (Å²) in [6.07, 6.45) is 1.42. The Morgan fingerprint density at radius 2 is 2.21 bits per heavy atom. The van der Waals surface area contributed by atoms with Gasteiger partial charge in [0.05, 0.1) is 11.5 Å². The van der Waals surface area contributed by atoms with Crippen molar-refractivity contribution in [3.05, 3.63) is 29.8 Å². The SMILES string of the molecule is CC(=O)c1cccc(S(=O)(=O)N2CCCC2CO)c1. The van der Waals surface area contributed by atoms with Crippen molar-refractivity contribution in [1.29, 1.82) is 0 Å². The quantitative estimate of drug-likeness (QED) is 0.838. The molecule has 0 saturated carbocycles.